The zero-order valence-corrected chi connectivity index (χ0v) is 12.7. The Morgan fingerprint density at radius 3 is 2.96 bits per heavy atom. The summed E-state index contributed by atoms with van der Waals surface area (Å²) in [7, 11) is 0. The lowest BCUT2D eigenvalue weighted by Gasteiger charge is -2.21. The van der Waals surface area contributed by atoms with Crippen LogP contribution in [0.15, 0.2) is 24.4 Å². The van der Waals surface area contributed by atoms with Crippen LogP contribution in [0, 0.1) is 12.7 Å². The number of rotatable bonds is 3. The molecule has 1 fully saturated rings. The molecule has 23 heavy (non-hydrogen) atoms. The summed E-state index contributed by atoms with van der Waals surface area (Å²) in [6.45, 7) is 2.15. The molecule has 122 valence electrons. The standard InChI is InChI=1S/C16H18FN3O3/c1-10-7-11(17)4-5-13(10)20-8-14(22)15(18-20)16(23)19-6-2-3-12(19)9-21/h4-5,7-8,12,21-22H,2-3,6,9H2,1H3/t12-/m1/s1. The fraction of sp³-hybridized carbons (Fsp3) is 0.375. The molecule has 6 nitrogen and oxygen atoms in total. The number of nitrogens with zero attached hydrogens (tertiary/aromatic N) is 3. The molecule has 1 aliphatic rings. The summed E-state index contributed by atoms with van der Waals surface area (Å²) in [5.41, 5.74) is 1.16. The predicted octanol–water partition coefficient (Wildman–Crippen LogP) is 1.62. The van der Waals surface area contributed by atoms with Gasteiger partial charge >= 0.3 is 0 Å². The first-order valence-electron chi connectivity index (χ1n) is 7.48. The van der Waals surface area contributed by atoms with Gasteiger partial charge in [0.2, 0.25) is 0 Å². The molecule has 7 heteroatoms. The van der Waals surface area contributed by atoms with Crippen LogP contribution in [-0.2, 0) is 0 Å². The molecular weight excluding hydrogens is 301 g/mol. The number of aromatic nitrogens is 2. The van der Waals surface area contributed by atoms with Gasteiger partial charge in [-0.2, -0.15) is 5.10 Å². The summed E-state index contributed by atoms with van der Waals surface area (Å²) in [4.78, 5) is 14.1. The minimum Gasteiger partial charge on any atom is -0.504 e. The second-order valence-electron chi connectivity index (χ2n) is 5.72. The van der Waals surface area contributed by atoms with Gasteiger partial charge < -0.3 is 15.1 Å². The molecule has 2 N–H and O–H groups in total. The smallest absolute Gasteiger partial charge is 0.278 e. The van der Waals surface area contributed by atoms with Crippen LogP contribution in [0.1, 0.15) is 28.9 Å². The monoisotopic (exact) mass is 319 g/mol. The molecule has 0 saturated carbocycles. The first-order chi connectivity index (χ1) is 11.0. The maximum Gasteiger partial charge on any atom is 0.278 e. The highest BCUT2D eigenvalue weighted by Gasteiger charge is 2.32. The number of likely N-dealkylation sites (tertiary alicyclic amines) is 1. The number of aliphatic hydroxyl groups excluding tert-OH is 1. The van der Waals surface area contributed by atoms with Crippen LogP contribution < -0.4 is 0 Å². The van der Waals surface area contributed by atoms with Crippen molar-refractivity contribution < 1.29 is 19.4 Å². The van der Waals surface area contributed by atoms with E-state index in [1.165, 1.54) is 34.0 Å². The second-order valence-corrected chi connectivity index (χ2v) is 5.72. The number of halogens is 1. The van der Waals surface area contributed by atoms with Gasteiger partial charge in [0.15, 0.2) is 11.4 Å². The molecule has 1 saturated heterocycles. The van der Waals surface area contributed by atoms with E-state index < -0.39 is 5.91 Å². The Morgan fingerprint density at radius 1 is 1.48 bits per heavy atom. The van der Waals surface area contributed by atoms with Crippen molar-refractivity contribution in [1.29, 1.82) is 0 Å². The first-order valence-corrected chi connectivity index (χ1v) is 7.48. The molecule has 3 rings (SSSR count). The average molecular weight is 319 g/mol. The maximum atomic E-state index is 13.2. The van der Waals surface area contributed by atoms with Crippen molar-refractivity contribution in [3.05, 3.63) is 41.5 Å². The van der Waals surface area contributed by atoms with Crippen LogP contribution in [0.2, 0.25) is 0 Å². The van der Waals surface area contributed by atoms with Crippen molar-refractivity contribution in [2.75, 3.05) is 13.2 Å². The van der Waals surface area contributed by atoms with Gasteiger partial charge in [-0.1, -0.05) is 0 Å². The number of hydrogen-bond acceptors (Lipinski definition) is 4. The number of carbonyl (C=O) groups excluding carboxylic acids is 1. The van der Waals surface area contributed by atoms with Crippen molar-refractivity contribution in [3.8, 4) is 11.4 Å². The molecule has 0 bridgehead atoms. The van der Waals surface area contributed by atoms with Crippen LogP contribution in [0.25, 0.3) is 5.69 Å². The van der Waals surface area contributed by atoms with Crippen molar-refractivity contribution >= 4 is 5.91 Å². The summed E-state index contributed by atoms with van der Waals surface area (Å²) < 4.78 is 14.6. The lowest BCUT2D eigenvalue weighted by Crippen LogP contribution is -2.37. The number of amides is 1. The van der Waals surface area contributed by atoms with Gasteiger partial charge in [0.1, 0.15) is 5.82 Å². The Kier molecular flexibility index (Phi) is 4.04. The molecule has 1 aliphatic heterocycles. The van der Waals surface area contributed by atoms with Crippen molar-refractivity contribution in [3.63, 3.8) is 0 Å². The quantitative estimate of drug-likeness (QED) is 0.901. The molecule has 1 amide bonds. The van der Waals surface area contributed by atoms with E-state index in [1.807, 2.05) is 0 Å². The minimum absolute atomic E-state index is 0.0610. The van der Waals surface area contributed by atoms with Crippen molar-refractivity contribution in [1.82, 2.24) is 14.7 Å². The zero-order chi connectivity index (χ0) is 16.6. The number of aliphatic hydroxyl groups is 1. The molecule has 1 atom stereocenters. The Morgan fingerprint density at radius 2 is 2.26 bits per heavy atom. The highest BCUT2D eigenvalue weighted by molar-refractivity contribution is 5.95. The molecule has 0 spiro atoms. The van der Waals surface area contributed by atoms with Crippen LogP contribution in [-0.4, -0.2) is 50.0 Å². The minimum atomic E-state index is -0.405. The number of carbonyl (C=O) groups is 1. The molecule has 2 heterocycles. The number of hydrogen-bond donors (Lipinski definition) is 2. The lowest BCUT2D eigenvalue weighted by atomic mass is 10.2. The summed E-state index contributed by atoms with van der Waals surface area (Å²) in [5.74, 6) is -0.998. The molecule has 2 aromatic rings. The average Bonchev–Trinajstić information content (AvgIpc) is 3.13. The van der Waals surface area contributed by atoms with Crippen LogP contribution in [0.3, 0.4) is 0 Å². The van der Waals surface area contributed by atoms with E-state index in [0.29, 0.717) is 17.8 Å². The Hall–Kier alpha value is -2.41. The van der Waals surface area contributed by atoms with E-state index in [0.717, 1.165) is 12.8 Å². The largest absolute Gasteiger partial charge is 0.504 e. The second kappa shape index (κ2) is 6.00. The van der Waals surface area contributed by atoms with Gasteiger partial charge in [0.25, 0.3) is 5.91 Å². The van der Waals surface area contributed by atoms with Crippen LogP contribution in [0.4, 0.5) is 4.39 Å². The van der Waals surface area contributed by atoms with Gasteiger partial charge in [-0.15, -0.1) is 0 Å². The number of benzene rings is 1. The summed E-state index contributed by atoms with van der Waals surface area (Å²) in [5, 5.41) is 23.5. The molecular formula is C16H18FN3O3. The highest BCUT2D eigenvalue weighted by atomic mass is 19.1. The van der Waals surface area contributed by atoms with Gasteiger partial charge in [0.05, 0.1) is 24.5 Å². The van der Waals surface area contributed by atoms with Crippen molar-refractivity contribution in [2.24, 2.45) is 0 Å². The van der Waals surface area contributed by atoms with E-state index in [2.05, 4.69) is 5.10 Å². The van der Waals surface area contributed by atoms with Gasteiger partial charge in [-0.05, 0) is 43.5 Å². The Balaban J connectivity index is 1.93. The third kappa shape index (κ3) is 2.79. The van der Waals surface area contributed by atoms with Crippen LogP contribution in [0.5, 0.6) is 5.75 Å². The molecule has 1 aromatic carbocycles. The molecule has 0 aliphatic carbocycles. The zero-order valence-electron chi connectivity index (χ0n) is 12.7. The normalized spacial score (nSPS) is 17.7. The van der Waals surface area contributed by atoms with Gasteiger partial charge in [0, 0.05) is 6.54 Å². The van der Waals surface area contributed by atoms with E-state index in [4.69, 9.17) is 0 Å². The van der Waals surface area contributed by atoms with E-state index in [9.17, 15) is 19.4 Å². The highest BCUT2D eigenvalue weighted by Crippen LogP contribution is 2.25. The summed E-state index contributed by atoms with van der Waals surface area (Å²) in [6, 6.07) is 3.96. The fourth-order valence-electron chi connectivity index (χ4n) is 2.95. The first kappa shape index (κ1) is 15.5. The third-order valence-electron chi connectivity index (χ3n) is 4.15. The summed E-state index contributed by atoms with van der Waals surface area (Å²) >= 11 is 0. The lowest BCUT2D eigenvalue weighted by molar-refractivity contribution is 0.0668. The summed E-state index contributed by atoms with van der Waals surface area (Å²) in [6.07, 6.45) is 2.88. The Bertz CT molecular complexity index is 744. The molecule has 0 radical (unpaired) electrons. The van der Waals surface area contributed by atoms with Gasteiger partial charge in [-0.3, -0.25) is 4.79 Å². The van der Waals surface area contributed by atoms with Crippen LogP contribution >= 0.6 is 0 Å². The molecule has 1 aromatic heterocycles. The fourth-order valence-corrected chi connectivity index (χ4v) is 2.95. The van der Waals surface area contributed by atoms with Gasteiger partial charge in [-0.25, -0.2) is 9.07 Å². The number of aryl methyl sites for hydroxylation is 1. The van der Waals surface area contributed by atoms with Crippen molar-refractivity contribution in [2.45, 2.75) is 25.8 Å². The SMILES string of the molecule is Cc1cc(F)ccc1-n1cc(O)c(C(=O)N2CCC[C@@H]2CO)n1. The predicted molar refractivity (Wildman–Crippen MR) is 81.1 cm³/mol. The molecule has 0 unspecified atom stereocenters. The topological polar surface area (TPSA) is 78.6 Å². The third-order valence-corrected chi connectivity index (χ3v) is 4.15. The van der Waals surface area contributed by atoms with E-state index >= 15 is 0 Å². The Labute approximate surface area is 132 Å². The maximum absolute atomic E-state index is 13.2. The van der Waals surface area contributed by atoms with E-state index in [1.54, 1.807) is 6.92 Å². The number of aromatic hydroxyl groups is 1. The van der Waals surface area contributed by atoms with E-state index in [-0.39, 0.29) is 29.9 Å².